The molecule has 0 N–H and O–H groups in total. The number of amides is 2. The fourth-order valence-electron chi connectivity index (χ4n) is 4.26. The Labute approximate surface area is 228 Å². The molecule has 2 aliphatic rings. The van der Waals surface area contributed by atoms with Crippen LogP contribution < -0.4 is 0 Å². The highest BCUT2D eigenvalue weighted by Crippen LogP contribution is 2.50. The first-order valence-corrected chi connectivity index (χ1v) is 12.1. The molecule has 2 aliphatic heterocycles. The molecule has 2 amide bonds. The van der Waals surface area contributed by atoms with E-state index in [9.17, 15) is 22.8 Å². The van der Waals surface area contributed by atoms with E-state index in [4.69, 9.17) is 51.2 Å². The number of imide groups is 1. The number of alkyl halides is 3. The molecular weight excluding hydrogens is 575 g/mol. The van der Waals surface area contributed by atoms with Gasteiger partial charge in [-0.2, -0.15) is 13.2 Å². The lowest BCUT2D eigenvalue weighted by Crippen LogP contribution is -2.42. The molecule has 0 saturated heterocycles. The van der Waals surface area contributed by atoms with Crippen LogP contribution in [-0.2, 0) is 17.0 Å². The van der Waals surface area contributed by atoms with Crippen LogP contribution in [0.15, 0.2) is 59.8 Å². The summed E-state index contributed by atoms with van der Waals surface area (Å²) in [6, 6.07) is 13.0. The third-order valence-corrected chi connectivity index (χ3v) is 7.78. The monoisotopic (exact) mass is 586 g/mol. The van der Waals surface area contributed by atoms with Crippen LogP contribution in [0.25, 0.3) is 0 Å². The second-order valence-electron chi connectivity index (χ2n) is 8.43. The highest BCUT2D eigenvalue weighted by atomic mass is 35.5. The molecule has 5 nitrogen and oxygen atoms in total. The third-order valence-electron chi connectivity index (χ3n) is 6.23. The predicted octanol–water partition coefficient (Wildman–Crippen LogP) is 7.68. The normalized spacial score (nSPS) is 19.2. The van der Waals surface area contributed by atoms with Crippen molar-refractivity contribution in [1.82, 2.24) is 4.90 Å². The summed E-state index contributed by atoms with van der Waals surface area (Å²) in [5.41, 5.74) is -1.93. The van der Waals surface area contributed by atoms with Crippen LogP contribution in [0.1, 0.15) is 43.8 Å². The van der Waals surface area contributed by atoms with E-state index in [0.29, 0.717) is 16.7 Å². The summed E-state index contributed by atoms with van der Waals surface area (Å²) in [5, 5.41) is 3.44. The Morgan fingerprint density at radius 3 is 2.03 bits per heavy atom. The highest BCUT2D eigenvalue weighted by molar-refractivity contribution is 6.48. The summed E-state index contributed by atoms with van der Waals surface area (Å²) >= 11 is 24.3. The first-order chi connectivity index (χ1) is 17.4. The van der Waals surface area contributed by atoms with Crippen molar-refractivity contribution in [2.75, 3.05) is 0 Å². The van der Waals surface area contributed by atoms with E-state index in [2.05, 4.69) is 5.16 Å². The number of halogens is 7. The smallest absolute Gasteiger partial charge is 0.374 e. The second kappa shape index (κ2) is 9.20. The molecule has 3 aromatic carbocycles. The average molecular weight is 588 g/mol. The maximum Gasteiger partial charge on any atom is 0.435 e. The van der Waals surface area contributed by atoms with E-state index in [-0.39, 0.29) is 43.5 Å². The van der Waals surface area contributed by atoms with Crippen LogP contribution in [0.3, 0.4) is 0 Å². The van der Waals surface area contributed by atoms with Gasteiger partial charge in [0.1, 0.15) is 0 Å². The third kappa shape index (κ3) is 4.26. The van der Waals surface area contributed by atoms with Gasteiger partial charge in [-0.15, -0.1) is 0 Å². The van der Waals surface area contributed by atoms with E-state index < -0.39 is 30.0 Å². The number of carbonyl (C=O) groups excluding carboxylic acids is 2. The Kier molecular flexibility index (Phi) is 6.43. The standard InChI is InChI=1S/C25H13Cl4F3N2O3/c26-17-7-12(5-6-13(17)11-34-22(35)15-3-1-2-4-16(15)23(34)36)20-10-24(37-33-20,25(30,31)32)14-8-18(27)21(29)19(28)9-14/h1-9H,10-11H2. The van der Waals surface area contributed by atoms with Crippen molar-refractivity contribution in [2.24, 2.45) is 5.16 Å². The molecular formula is C25H13Cl4F3N2O3. The molecule has 0 aromatic heterocycles. The van der Waals surface area contributed by atoms with E-state index in [1.54, 1.807) is 24.3 Å². The van der Waals surface area contributed by atoms with E-state index >= 15 is 0 Å². The Bertz CT molecular complexity index is 1450. The summed E-state index contributed by atoms with van der Waals surface area (Å²) in [5.74, 6) is -0.908. The Balaban J connectivity index is 1.41. The molecule has 1 atom stereocenters. The Hall–Kier alpha value is -2.78. The zero-order valence-electron chi connectivity index (χ0n) is 18.4. The molecule has 0 fully saturated rings. The van der Waals surface area contributed by atoms with Crippen molar-refractivity contribution in [3.8, 4) is 0 Å². The molecule has 0 saturated carbocycles. The SMILES string of the molecule is O=C1c2ccccc2C(=O)N1Cc1ccc(C2=NOC(c3cc(Cl)c(Cl)c(Cl)c3)(C(F)(F)F)C2)cc1Cl. The number of fused-ring (bicyclic) bond motifs is 1. The van der Waals surface area contributed by atoms with E-state index in [1.807, 2.05) is 0 Å². The number of oxime groups is 1. The van der Waals surface area contributed by atoms with Crippen LogP contribution in [0.2, 0.25) is 20.1 Å². The van der Waals surface area contributed by atoms with Gasteiger partial charge in [0.2, 0.25) is 0 Å². The van der Waals surface area contributed by atoms with Crippen LogP contribution in [-0.4, -0.2) is 28.6 Å². The number of carbonyl (C=O) groups is 2. The molecule has 37 heavy (non-hydrogen) atoms. The van der Waals surface area contributed by atoms with Gasteiger partial charge >= 0.3 is 6.18 Å². The lowest BCUT2D eigenvalue weighted by molar-refractivity contribution is -0.275. The average Bonchev–Trinajstić information content (AvgIpc) is 3.41. The fraction of sp³-hybridized carbons (Fsp3) is 0.160. The maximum absolute atomic E-state index is 14.3. The molecule has 2 heterocycles. The number of hydrogen-bond acceptors (Lipinski definition) is 4. The number of hydrogen-bond donors (Lipinski definition) is 0. The van der Waals surface area contributed by atoms with Gasteiger partial charge in [-0.05, 0) is 35.9 Å². The summed E-state index contributed by atoms with van der Waals surface area (Å²) < 4.78 is 42.9. The summed E-state index contributed by atoms with van der Waals surface area (Å²) in [6.07, 6.45) is -5.56. The van der Waals surface area contributed by atoms with Gasteiger partial charge in [-0.25, -0.2) is 0 Å². The summed E-state index contributed by atoms with van der Waals surface area (Å²) in [7, 11) is 0. The lowest BCUT2D eigenvalue weighted by Gasteiger charge is -2.30. The van der Waals surface area contributed by atoms with Crippen molar-refractivity contribution in [2.45, 2.75) is 24.7 Å². The van der Waals surface area contributed by atoms with Crippen LogP contribution >= 0.6 is 46.4 Å². The molecule has 190 valence electrons. The van der Waals surface area contributed by atoms with Gasteiger partial charge < -0.3 is 4.84 Å². The number of nitrogens with zero attached hydrogens (tertiary/aromatic N) is 2. The van der Waals surface area contributed by atoms with Gasteiger partial charge in [0.05, 0.1) is 38.5 Å². The highest BCUT2D eigenvalue weighted by Gasteiger charge is 2.62. The first kappa shape index (κ1) is 25.9. The largest absolute Gasteiger partial charge is 0.435 e. The summed E-state index contributed by atoms with van der Waals surface area (Å²) in [4.78, 5) is 31.4. The molecule has 0 spiro atoms. The molecule has 3 aromatic rings. The summed E-state index contributed by atoms with van der Waals surface area (Å²) in [6.45, 7) is -0.108. The second-order valence-corrected chi connectivity index (χ2v) is 10.0. The number of rotatable bonds is 4. The fourth-order valence-corrected chi connectivity index (χ4v) is 5.09. The minimum absolute atomic E-state index is 0.0197. The zero-order valence-corrected chi connectivity index (χ0v) is 21.4. The van der Waals surface area contributed by atoms with Crippen LogP contribution in [0, 0.1) is 0 Å². The van der Waals surface area contributed by atoms with Crippen LogP contribution in [0.5, 0.6) is 0 Å². The zero-order chi connectivity index (χ0) is 26.7. The van der Waals surface area contributed by atoms with Gasteiger partial charge in [-0.1, -0.05) is 75.8 Å². The molecule has 0 bridgehead atoms. The Morgan fingerprint density at radius 2 is 1.49 bits per heavy atom. The van der Waals surface area contributed by atoms with Crippen molar-refractivity contribution in [3.05, 3.63) is 103 Å². The molecule has 12 heteroatoms. The van der Waals surface area contributed by atoms with Gasteiger partial charge in [0, 0.05) is 22.6 Å². The topological polar surface area (TPSA) is 59.0 Å². The molecule has 1 unspecified atom stereocenters. The quantitative estimate of drug-likeness (QED) is 0.232. The van der Waals surface area contributed by atoms with E-state index in [0.717, 1.165) is 17.0 Å². The van der Waals surface area contributed by atoms with Crippen molar-refractivity contribution < 1.29 is 27.6 Å². The van der Waals surface area contributed by atoms with E-state index in [1.165, 1.54) is 18.2 Å². The molecule has 0 aliphatic carbocycles. The Morgan fingerprint density at radius 1 is 0.892 bits per heavy atom. The van der Waals surface area contributed by atoms with Crippen LogP contribution in [0.4, 0.5) is 13.2 Å². The van der Waals surface area contributed by atoms with Crippen molar-refractivity contribution in [1.29, 1.82) is 0 Å². The van der Waals surface area contributed by atoms with Gasteiger partial charge in [0.25, 0.3) is 17.4 Å². The van der Waals surface area contributed by atoms with Crippen molar-refractivity contribution >= 4 is 63.9 Å². The van der Waals surface area contributed by atoms with Gasteiger partial charge in [-0.3, -0.25) is 14.5 Å². The minimum atomic E-state index is -4.88. The number of benzene rings is 3. The minimum Gasteiger partial charge on any atom is -0.374 e. The maximum atomic E-state index is 14.3. The predicted molar refractivity (Wildman–Crippen MR) is 134 cm³/mol. The van der Waals surface area contributed by atoms with Gasteiger partial charge in [0.15, 0.2) is 0 Å². The molecule has 5 rings (SSSR count). The molecule has 0 radical (unpaired) electrons. The van der Waals surface area contributed by atoms with Crippen molar-refractivity contribution in [3.63, 3.8) is 0 Å². The first-order valence-electron chi connectivity index (χ1n) is 10.6. The lowest BCUT2D eigenvalue weighted by atomic mass is 9.86.